The Morgan fingerprint density at radius 1 is 0.252 bits per heavy atom. The minimum Gasteiger partial charge on any atom is -0.463 e. The number of aliphatic hydroxyl groups excluding tert-OH is 2. The van der Waals surface area contributed by atoms with Crippen molar-refractivity contribution in [3.05, 3.63) is 109 Å². The molecule has 0 saturated carbocycles. The maximum Gasteiger partial charge on any atom is 0.472 e. The lowest BCUT2D eigenvalue weighted by Gasteiger charge is -2.21. The van der Waals surface area contributed by atoms with Gasteiger partial charge in [0.15, 0.2) is 6.10 Å². The summed E-state index contributed by atoms with van der Waals surface area (Å²) in [6, 6.07) is 0. The molecule has 5 atom stereocenters. The van der Waals surface area contributed by atoms with E-state index in [0.29, 0.717) is 19.3 Å². The number of phosphoric acid groups is 2. The molecule has 0 fully saturated rings. The summed E-state index contributed by atoms with van der Waals surface area (Å²) in [5.41, 5.74) is 0. The first-order chi connectivity index (χ1) is 56.2. The van der Waals surface area contributed by atoms with Gasteiger partial charge < -0.3 is 34.2 Å². The molecular formula is C97H174O16P2. The van der Waals surface area contributed by atoms with Crippen LogP contribution in [-0.2, 0) is 55.8 Å². The summed E-state index contributed by atoms with van der Waals surface area (Å²) in [6.07, 6.45) is 109. The number of hydrogen-bond donors (Lipinski definition) is 4. The van der Waals surface area contributed by atoms with Crippen molar-refractivity contribution in [2.75, 3.05) is 39.6 Å². The Morgan fingerprint density at radius 2 is 0.461 bits per heavy atom. The fourth-order valence-corrected chi connectivity index (χ4v) is 14.9. The van der Waals surface area contributed by atoms with Crippen LogP contribution in [0.1, 0.15) is 432 Å². The summed E-state index contributed by atoms with van der Waals surface area (Å²) >= 11 is 0. The van der Waals surface area contributed by atoms with Crippen molar-refractivity contribution in [1.82, 2.24) is 0 Å². The molecule has 0 radical (unpaired) electrons. The van der Waals surface area contributed by atoms with E-state index < -0.39 is 91.5 Å². The van der Waals surface area contributed by atoms with E-state index in [1.807, 2.05) is 0 Å². The number of carbonyl (C=O) groups is 3. The zero-order valence-electron chi connectivity index (χ0n) is 73.7. The molecule has 16 nitrogen and oxygen atoms in total. The Morgan fingerprint density at radius 3 is 0.748 bits per heavy atom. The zero-order chi connectivity index (χ0) is 83.6. The molecule has 5 unspecified atom stereocenters. The Balaban J connectivity index is 4.35. The highest BCUT2D eigenvalue weighted by Crippen LogP contribution is 2.45. The van der Waals surface area contributed by atoms with E-state index in [1.54, 1.807) is 0 Å². The molecule has 4 N–H and O–H groups in total. The number of esters is 3. The van der Waals surface area contributed by atoms with Crippen molar-refractivity contribution in [1.29, 1.82) is 0 Å². The maximum absolute atomic E-state index is 13.0. The average Bonchev–Trinajstić information content (AvgIpc) is 0.905. The number of unbranched alkanes of at least 4 members (excludes halogenated alkanes) is 49. The van der Waals surface area contributed by atoms with Crippen LogP contribution < -0.4 is 0 Å². The molecule has 0 rings (SSSR count). The first-order valence-corrected chi connectivity index (χ1v) is 50.2. The maximum atomic E-state index is 13.0. The quantitative estimate of drug-likeness (QED) is 0.0146. The van der Waals surface area contributed by atoms with Crippen LogP contribution in [0.3, 0.4) is 0 Å². The van der Waals surface area contributed by atoms with Crippen LogP contribution in [0.25, 0.3) is 0 Å². The van der Waals surface area contributed by atoms with E-state index in [0.717, 1.165) is 116 Å². The molecule has 0 heterocycles. The van der Waals surface area contributed by atoms with Crippen molar-refractivity contribution >= 4 is 33.6 Å². The van der Waals surface area contributed by atoms with Gasteiger partial charge in [0, 0.05) is 19.3 Å². The molecule has 0 saturated heterocycles. The van der Waals surface area contributed by atoms with E-state index >= 15 is 0 Å². The number of allylic oxidation sites excluding steroid dienone is 18. The monoisotopic (exact) mass is 1660 g/mol. The number of aliphatic hydroxyl groups is 2. The van der Waals surface area contributed by atoms with Crippen molar-refractivity contribution < 1.29 is 75.8 Å². The molecule has 0 aromatic heterocycles. The van der Waals surface area contributed by atoms with Crippen LogP contribution in [0.4, 0.5) is 0 Å². The van der Waals surface area contributed by atoms with Gasteiger partial charge in [-0.15, -0.1) is 0 Å². The Bertz CT molecular complexity index is 2520. The smallest absolute Gasteiger partial charge is 0.463 e. The Kier molecular flexibility index (Phi) is 86.5. The van der Waals surface area contributed by atoms with Gasteiger partial charge in [-0.1, -0.05) is 413 Å². The Labute approximate surface area is 704 Å². The summed E-state index contributed by atoms with van der Waals surface area (Å²) in [5, 5.41) is 20.7. The molecule has 0 amide bonds. The van der Waals surface area contributed by atoms with Crippen LogP contribution in [0.2, 0.25) is 0 Å². The third kappa shape index (κ3) is 90.8. The highest BCUT2D eigenvalue weighted by atomic mass is 31.2. The van der Waals surface area contributed by atoms with Gasteiger partial charge >= 0.3 is 33.6 Å². The van der Waals surface area contributed by atoms with E-state index in [1.165, 1.54) is 257 Å². The third-order valence-electron chi connectivity index (χ3n) is 20.5. The SMILES string of the molecule is CC/C=C\C/C=C\C/C=C\C/C=C\C/C=C\CCCCCCCCCCCCCCCCCCCCCC(=O)OCC(O)COP(=O)(O)OCC(O)COP(=O)(O)OCC(COC(=O)CCCCCCCCCCCCCCCCC/C=C\C/C=C\C/C=C\C/C=C\CCCCC)OC(=O)CCCCCCCCCCCCCCC. The predicted octanol–water partition coefficient (Wildman–Crippen LogP) is 29.0. The number of ether oxygens (including phenoxy) is 3. The van der Waals surface area contributed by atoms with Crippen molar-refractivity contribution in [3.8, 4) is 0 Å². The lowest BCUT2D eigenvalue weighted by Crippen LogP contribution is -2.30. The van der Waals surface area contributed by atoms with Crippen LogP contribution >= 0.6 is 15.6 Å². The molecule has 0 aromatic carbocycles. The molecule has 0 aliphatic rings. The number of phosphoric ester groups is 2. The fraction of sp³-hybridized carbons (Fsp3) is 0.784. The lowest BCUT2D eigenvalue weighted by atomic mass is 10.0. The fourth-order valence-electron chi connectivity index (χ4n) is 13.4. The van der Waals surface area contributed by atoms with E-state index in [4.69, 9.17) is 32.3 Å². The van der Waals surface area contributed by atoms with Crippen LogP contribution in [0.5, 0.6) is 0 Å². The van der Waals surface area contributed by atoms with E-state index in [9.17, 15) is 43.5 Å². The first kappa shape index (κ1) is 111. The van der Waals surface area contributed by atoms with Gasteiger partial charge in [-0.25, -0.2) is 9.13 Å². The second-order valence-corrected chi connectivity index (χ2v) is 34.7. The highest BCUT2D eigenvalue weighted by molar-refractivity contribution is 7.47. The average molecular weight is 1660 g/mol. The largest absolute Gasteiger partial charge is 0.472 e. The molecule has 18 heteroatoms. The van der Waals surface area contributed by atoms with Gasteiger partial charge in [0.1, 0.15) is 25.4 Å². The van der Waals surface area contributed by atoms with Crippen molar-refractivity contribution in [2.45, 2.75) is 450 Å². The zero-order valence-corrected chi connectivity index (χ0v) is 75.5. The summed E-state index contributed by atoms with van der Waals surface area (Å²) in [5.74, 6) is -1.55. The first-order valence-electron chi connectivity index (χ1n) is 47.2. The second kappa shape index (κ2) is 89.5. The number of hydrogen-bond acceptors (Lipinski definition) is 14. The summed E-state index contributed by atoms with van der Waals surface area (Å²) in [4.78, 5) is 58.9. The van der Waals surface area contributed by atoms with Gasteiger partial charge in [0.05, 0.1) is 26.4 Å². The molecule has 0 bridgehead atoms. The molecule has 115 heavy (non-hydrogen) atoms. The van der Waals surface area contributed by atoms with Crippen LogP contribution in [-0.4, -0.2) is 95.9 Å². The lowest BCUT2D eigenvalue weighted by molar-refractivity contribution is -0.161. The van der Waals surface area contributed by atoms with Gasteiger partial charge in [-0.05, 0) is 109 Å². The molecule has 0 aliphatic carbocycles. The molecular weight excluding hydrogens is 1480 g/mol. The standard InChI is InChI=1S/C97H174O16P2/c1-4-7-10-13-16-19-22-25-27-29-31-33-35-37-39-41-43-44-45-46-48-50-51-53-55-57-59-61-63-66-68-71-74-77-80-83-95(100)107-86-92(98)87-109-114(103,104)110-88-93(99)89-111-115(105,106)112-91-94(113-97(102)85-82-79-76-73-70-65-24-21-18-15-12-9-6-3)90-108-96(101)84-81-78-75-72-69-67-64-62-60-58-56-54-52-49-47-42-40-38-36-34-32-30-28-26-23-20-17-14-11-8-5-2/h7,10,16-17,19-20,25-28,31-34,37-40,92-94,98-99H,4-6,8-9,11-15,18,21-24,29-30,35-36,41-91H2,1-3H3,(H,103,104)(H,105,106)/b10-7-,19-16-,20-17-,27-25-,28-26-,33-31-,34-32-,39-37-,40-38-. The van der Waals surface area contributed by atoms with Gasteiger partial charge in [-0.3, -0.25) is 32.5 Å². The molecule has 668 valence electrons. The minimum absolute atomic E-state index is 0.110. The summed E-state index contributed by atoms with van der Waals surface area (Å²) in [6.45, 7) is 2.62. The van der Waals surface area contributed by atoms with E-state index in [-0.39, 0.29) is 19.3 Å². The second-order valence-electron chi connectivity index (χ2n) is 31.8. The van der Waals surface area contributed by atoms with Gasteiger partial charge in [0.2, 0.25) is 0 Å². The molecule has 0 spiro atoms. The summed E-state index contributed by atoms with van der Waals surface area (Å²) < 4.78 is 61.4. The topological polar surface area (TPSA) is 231 Å². The highest BCUT2D eigenvalue weighted by Gasteiger charge is 2.30. The summed E-state index contributed by atoms with van der Waals surface area (Å²) in [7, 11) is -9.79. The molecule has 0 aromatic rings. The number of carbonyl (C=O) groups excluding carboxylic acids is 3. The normalized spacial score (nSPS) is 14.3. The Hall–Kier alpha value is -3.79. The van der Waals surface area contributed by atoms with Gasteiger partial charge in [0.25, 0.3) is 0 Å². The van der Waals surface area contributed by atoms with E-state index in [2.05, 4.69) is 130 Å². The van der Waals surface area contributed by atoms with Crippen molar-refractivity contribution in [3.63, 3.8) is 0 Å². The number of rotatable bonds is 90. The van der Waals surface area contributed by atoms with Crippen LogP contribution in [0.15, 0.2) is 109 Å². The molecule has 0 aliphatic heterocycles. The van der Waals surface area contributed by atoms with Crippen molar-refractivity contribution in [2.24, 2.45) is 0 Å². The third-order valence-corrected chi connectivity index (χ3v) is 22.4. The minimum atomic E-state index is -4.93. The predicted molar refractivity (Wildman–Crippen MR) is 482 cm³/mol. The van der Waals surface area contributed by atoms with Gasteiger partial charge in [-0.2, -0.15) is 0 Å². The van der Waals surface area contributed by atoms with Crippen LogP contribution in [0, 0.1) is 0 Å².